The molecule has 5 rings (SSSR count). The molecule has 1 heterocycles. The van der Waals surface area contributed by atoms with Crippen molar-refractivity contribution >= 4 is 17.4 Å². The number of nitrogens with one attached hydrogen (secondary N) is 1. The molecular formula is C32H28N2O3. The number of carbonyl (C=O) groups is 2. The molecule has 1 aliphatic heterocycles. The number of benzene rings is 4. The number of hydrogen-bond donors (Lipinski definition) is 1. The van der Waals surface area contributed by atoms with Crippen LogP contribution in [0.4, 0.5) is 0 Å². The normalized spacial score (nSPS) is 12.6. The van der Waals surface area contributed by atoms with Gasteiger partial charge in [0.05, 0.1) is 7.11 Å². The maximum absolute atomic E-state index is 13.7. The van der Waals surface area contributed by atoms with Gasteiger partial charge in [0.2, 0.25) is 0 Å². The third-order valence-electron chi connectivity index (χ3n) is 6.62. The Morgan fingerprint density at radius 2 is 1.51 bits per heavy atom. The van der Waals surface area contributed by atoms with Crippen molar-refractivity contribution in [3.63, 3.8) is 0 Å². The predicted octanol–water partition coefficient (Wildman–Crippen LogP) is 5.45. The molecule has 0 saturated heterocycles. The number of amides is 2. The summed E-state index contributed by atoms with van der Waals surface area (Å²) in [6.07, 6.45) is 0.601. The second kappa shape index (κ2) is 10.5. The van der Waals surface area contributed by atoms with Crippen LogP contribution in [0, 0.1) is 0 Å². The van der Waals surface area contributed by atoms with Crippen LogP contribution < -0.4 is 10.1 Å². The van der Waals surface area contributed by atoms with Crippen molar-refractivity contribution in [1.29, 1.82) is 0 Å². The molecule has 5 heteroatoms. The van der Waals surface area contributed by atoms with E-state index in [-0.39, 0.29) is 0 Å². The number of fused-ring (bicyclic) bond motifs is 1. The topological polar surface area (TPSA) is 58.6 Å². The number of carbonyl (C=O) groups excluding carboxylic acids is 2. The Balaban J connectivity index is 1.53. The Hall–Kier alpha value is -4.64. The summed E-state index contributed by atoms with van der Waals surface area (Å²) in [4.78, 5) is 29.1. The summed E-state index contributed by atoms with van der Waals surface area (Å²) < 4.78 is 5.48. The first-order valence-corrected chi connectivity index (χ1v) is 12.2. The van der Waals surface area contributed by atoms with Gasteiger partial charge in [0, 0.05) is 24.7 Å². The number of hydrogen-bond acceptors (Lipinski definition) is 4. The molecule has 0 bridgehead atoms. The average Bonchev–Trinajstić information content (AvgIpc) is 2.93. The van der Waals surface area contributed by atoms with Crippen molar-refractivity contribution in [2.75, 3.05) is 14.2 Å². The van der Waals surface area contributed by atoms with Crippen molar-refractivity contribution in [1.82, 2.24) is 10.2 Å². The molecule has 0 fully saturated rings. The van der Waals surface area contributed by atoms with Crippen LogP contribution in [0.2, 0.25) is 0 Å². The molecule has 5 nitrogen and oxygen atoms in total. The molecular weight excluding hydrogens is 460 g/mol. The molecule has 0 unspecified atom stereocenters. The Kier molecular flexibility index (Phi) is 6.86. The van der Waals surface area contributed by atoms with E-state index in [1.807, 2.05) is 109 Å². The lowest BCUT2D eigenvalue weighted by molar-refractivity contribution is -0.118. The van der Waals surface area contributed by atoms with Gasteiger partial charge in [-0.15, -0.1) is 0 Å². The summed E-state index contributed by atoms with van der Waals surface area (Å²) in [7, 11) is 3.50. The zero-order chi connectivity index (χ0) is 25.8. The van der Waals surface area contributed by atoms with Crippen molar-refractivity contribution in [3.8, 4) is 5.75 Å². The molecule has 1 aliphatic rings. The van der Waals surface area contributed by atoms with E-state index in [2.05, 4.69) is 5.32 Å². The molecule has 0 saturated carbocycles. The Morgan fingerprint density at radius 1 is 0.838 bits per heavy atom. The van der Waals surface area contributed by atoms with Crippen LogP contribution in [0.15, 0.2) is 109 Å². The van der Waals surface area contributed by atoms with E-state index < -0.39 is 11.8 Å². The second-order valence-corrected chi connectivity index (χ2v) is 9.07. The van der Waals surface area contributed by atoms with Gasteiger partial charge in [0.15, 0.2) is 0 Å². The van der Waals surface area contributed by atoms with Crippen LogP contribution in [0.1, 0.15) is 38.2 Å². The summed E-state index contributed by atoms with van der Waals surface area (Å²) >= 11 is 0. The van der Waals surface area contributed by atoms with Crippen LogP contribution in [-0.2, 0) is 17.8 Å². The van der Waals surface area contributed by atoms with Crippen molar-refractivity contribution in [2.45, 2.75) is 13.0 Å². The zero-order valence-electron chi connectivity index (χ0n) is 20.9. The molecule has 0 radical (unpaired) electrons. The number of methoxy groups -OCH3 is 1. The second-order valence-electron chi connectivity index (χ2n) is 9.07. The van der Waals surface area contributed by atoms with Crippen LogP contribution in [0.25, 0.3) is 5.57 Å². The summed E-state index contributed by atoms with van der Waals surface area (Å²) in [6.45, 7) is 0.539. The van der Waals surface area contributed by atoms with Crippen LogP contribution in [-0.4, -0.2) is 30.9 Å². The van der Waals surface area contributed by atoms with E-state index in [1.54, 1.807) is 13.2 Å². The lowest BCUT2D eigenvalue weighted by Gasteiger charge is -2.32. The van der Waals surface area contributed by atoms with E-state index in [0.29, 0.717) is 30.0 Å². The first kappa shape index (κ1) is 24.1. The first-order valence-electron chi connectivity index (χ1n) is 12.2. The minimum Gasteiger partial charge on any atom is -0.497 e. The highest BCUT2D eigenvalue weighted by Crippen LogP contribution is 2.37. The molecule has 184 valence electrons. The van der Waals surface area contributed by atoms with Gasteiger partial charge >= 0.3 is 0 Å². The predicted molar refractivity (Wildman–Crippen MR) is 145 cm³/mol. The van der Waals surface area contributed by atoms with E-state index in [9.17, 15) is 9.59 Å². The van der Waals surface area contributed by atoms with E-state index in [1.165, 1.54) is 0 Å². The fourth-order valence-corrected chi connectivity index (χ4v) is 4.83. The van der Waals surface area contributed by atoms with Crippen LogP contribution >= 0.6 is 0 Å². The molecule has 0 aliphatic carbocycles. The molecule has 0 spiro atoms. The Morgan fingerprint density at radius 3 is 2.24 bits per heavy atom. The van der Waals surface area contributed by atoms with E-state index in [0.717, 1.165) is 33.4 Å². The van der Waals surface area contributed by atoms with Gasteiger partial charge in [-0.05, 0) is 52.4 Å². The smallest absolute Gasteiger partial charge is 0.275 e. The molecule has 4 aromatic rings. The van der Waals surface area contributed by atoms with Crippen molar-refractivity contribution < 1.29 is 14.3 Å². The minimum atomic E-state index is -0.436. The first-order chi connectivity index (χ1) is 18.0. The quantitative estimate of drug-likeness (QED) is 0.367. The number of rotatable bonds is 6. The third kappa shape index (κ3) is 5.02. The molecule has 1 N–H and O–H groups in total. The van der Waals surface area contributed by atoms with Gasteiger partial charge < -0.3 is 9.64 Å². The minimum absolute atomic E-state index is 0.415. The number of nitrogens with zero attached hydrogens (tertiary/aromatic N) is 1. The van der Waals surface area contributed by atoms with Gasteiger partial charge in [-0.3, -0.25) is 14.9 Å². The summed E-state index contributed by atoms with van der Waals surface area (Å²) in [5.41, 5.74) is 6.56. The standard InChI is InChI=1S/C32H28N2O3/c1-34-21-25-17-18-26(37-2)20-28(25)29(23-13-7-4-8-14-23)30(34)32(36)33-31(35)27-16-10-9-15-24(27)19-22-11-5-3-6-12-22/h3-18,20H,19,21H2,1-2H3,(H,33,35,36). The maximum Gasteiger partial charge on any atom is 0.275 e. The fourth-order valence-electron chi connectivity index (χ4n) is 4.83. The highest BCUT2D eigenvalue weighted by Gasteiger charge is 2.30. The third-order valence-corrected chi connectivity index (χ3v) is 6.62. The van der Waals surface area contributed by atoms with Crippen LogP contribution in [0.5, 0.6) is 5.75 Å². The fraction of sp³-hybridized carbons (Fsp3) is 0.125. The SMILES string of the molecule is COc1ccc2c(c1)C(c1ccccc1)=C(C(=O)NC(=O)c1ccccc1Cc1ccccc1)N(C)C2. The molecule has 37 heavy (non-hydrogen) atoms. The lowest BCUT2D eigenvalue weighted by atomic mass is 9.88. The number of likely N-dealkylation sites (N-methyl/N-ethyl adjacent to an activating group) is 1. The summed E-state index contributed by atoms with van der Waals surface area (Å²) in [5, 5.41) is 2.67. The molecule has 0 aromatic heterocycles. The molecule has 4 aromatic carbocycles. The van der Waals surface area contributed by atoms with Gasteiger partial charge in [0.1, 0.15) is 11.4 Å². The van der Waals surface area contributed by atoms with E-state index in [4.69, 9.17) is 4.74 Å². The van der Waals surface area contributed by atoms with Crippen molar-refractivity contribution in [2.24, 2.45) is 0 Å². The molecule has 0 atom stereocenters. The number of imide groups is 1. The average molecular weight is 489 g/mol. The zero-order valence-corrected chi connectivity index (χ0v) is 20.9. The highest BCUT2D eigenvalue weighted by molar-refractivity contribution is 6.14. The lowest BCUT2D eigenvalue weighted by Crippen LogP contribution is -2.39. The van der Waals surface area contributed by atoms with Gasteiger partial charge in [-0.25, -0.2) is 0 Å². The van der Waals surface area contributed by atoms with Gasteiger partial charge in [0.25, 0.3) is 11.8 Å². The van der Waals surface area contributed by atoms with Gasteiger partial charge in [-0.2, -0.15) is 0 Å². The molecule has 2 amide bonds. The monoisotopic (exact) mass is 488 g/mol. The Labute approximate surface area is 217 Å². The Bertz CT molecular complexity index is 1480. The largest absolute Gasteiger partial charge is 0.497 e. The van der Waals surface area contributed by atoms with E-state index >= 15 is 0 Å². The van der Waals surface area contributed by atoms with Crippen LogP contribution in [0.3, 0.4) is 0 Å². The van der Waals surface area contributed by atoms with Gasteiger partial charge in [-0.1, -0.05) is 84.9 Å². The van der Waals surface area contributed by atoms with Crippen molar-refractivity contribution in [3.05, 3.63) is 142 Å². The maximum atomic E-state index is 13.7. The highest BCUT2D eigenvalue weighted by atomic mass is 16.5. The number of ether oxygens (including phenoxy) is 1. The summed E-state index contributed by atoms with van der Waals surface area (Å²) in [5.74, 6) is -0.141. The summed E-state index contributed by atoms with van der Waals surface area (Å²) in [6, 6.07) is 33.1.